The Bertz CT molecular complexity index is 833. The Morgan fingerprint density at radius 2 is 1.77 bits per heavy atom. The van der Waals surface area contributed by atoms with E-state index in [-0.39, 0.29) is 30.7 Å². The summed E-state index contributed by atoms with van der Waals surface area (Å²) >= 11 is 0. The molecule has 0 atom stereocenters. The molecule has 0 radical (unpaired) electrons. The molecule has 26 heavy (non-hydrogen) atoms. The monoisotopic (exact) mass is 352 g/mol. The Labute approximate surface area is 151 Å². The molecule has 1 aliphatic rings. The molecule has 0 bridgehead atoms. The minimum atomic E-state index is -0.342. The van der Waals surface area contributed by atoms with E-state index in [0.29, 0.717) is 24.3 Å². The first-order valence-electron chi connectivity index (χ1n) is 8.47. The average molecular weight is 352 g/mol. The van der Waals surface area contributed by atoms with Gasteiger partial charge in [0, 0.05) is 13.0 Å². The largest absolute Gasteiger partial charge is 0.492 e. The summed E-state index contributed by atoms with van der Waals surface area (Å²) in [6.07, 6.45) is 0.0653. The fourth-order valence-corrected chi connectivity index (χ4v) is 2.79. The summed E-state index contributed by atoms with van der Waals surface area (Å²) in [7, 11) is 0. The van der Waals surface area contributed by atoms with E-state index in [0.717, 1.165) is 16.2 Å². The van der Waals surface area contributed by atoms with Crippen LogP contribution in [0.15, 0.2) is 48.5 Å². The second-order valence-corrected chi connectivity index (χ2v) is 6.07. The van der Waals surface area contributed by atoms with Gasteiger partial charge in [-0.1, -0.05) is 29.8 Å². The first-order valence-corrected chi connectivity index (χ1v) is 8.47. The van der Waals surface area contributed by atoms with Gasteiger partial charge in [-0.05, 0) is 31.2 Å². The van der Waals surface area contributed by atoms with Crippen molar-refractivity contribution in [2.45, 2.75) is 13.3 Å². The van der Waals surface area contributed by atoms with E-state index in [9.17, 15) is 14.4 Å². The van der Waals surface area contributed by atoms with Gasteiger partial charge in [0.15, 0.2) is 0 Å². The molecule has 0 saturated carbocycles. The van der Waals surface area contributed by atoms with Crippen LogP contribution in [0.4, 0.5) is 0 Å². The SMILES string of the molecule is Cc1ccc2c(c1)C(=O)N(CCC(=O)NCCOc1ccccc1)C2=O. The number of amides is 3. The van der Waals surface area contributed by atoms with Crippen molar-refractivity contribution in [1.82, 2.24) is 10.2 Å². The summed E-state index contributed by atoms with van der Waals surface area (Å²) in [4.78, 5) is 37.7. The molecule has 1 N–H and O–H groups in total. The number of nitrogens with zero attached hydrogens (tertiary/aromatic N) is 1. The van der Waals surface area contributed by atoms with Crippen molar-refractivity contribution in [3.63, 3.8) is 0 Å². The van der Waals surface area contributed by atoms with Crippen LogP contribution in [0.5, 0.6) is 5.75 Å². The van der Waals surface area contributed by atoms with Crippen LogP contribution < -0.4 is 10.1 Å². The number of hydrogen-bond acceptors (Lipinski definition) is 4. The summed E-state index contributed by atoms with van der Waals surface area (Å²) in [6.45, 7) is 2.64. The zero-order valence-corrected chi connectivity index (χ0v) is 14.5. The minimum absolute atomic E-state index is 0.0653. The van der Waals surface area contributed by atoms with Gasteiger partial charge in [-0.15, -0.1) is 0 Å². The number of carbonyl (C=O) groups is 3. The topological polar surface area (TPSA) is 75.7 Å². The van der Waals surface area contributed by atoms with E-state index in [2.05, 4.69) is 5.32 Å². The molecule has 6 nitrogen and oxygen atoms in total. The standard InChI is InChI=1S/C20H20N2O4/c1-14-7-8-16-17(13-14)20(25)22(19(16)24)11-9-18(23)21-10-12-26-15-5-3-2-4-6-15/h2-8,13H,9-12H2,1H3,(H,21,23). The van der Waals surface area contributed by atoms with Crippen molar-refractivity contribution in [1.29, 1.82) is 0 Å². The van der Waals surface area contributed by atoms with Crippen molar-refractivity contribution >= 4 is 17.7 Å². The first kappa shape index (κ1) is 17.7. The molecule has 6 heteroatoms. The third-order valence-electron chi connectivity index (χ3n) is 4.12. The van der Waals surface area contributed by atoms with Crippen LogP contribution >= 0.6 is 0 Å². The fraction of sp³-hybridized carbons (Fsp3) is 0.250. The maximum Gasteiger partial charge on any atom is 0.261 e. The number of rotatable bonds is 7. The molecule has 0 saturated heterocycles. The van der Waals surface area contributed by atoms with Gasteiger partial charge < -0.3 is 10.1 Å². The lowest BCUT2D eigenvalue weighted by molar-refractivity contribution is -0.121. The number of ether oxygens (including phenoxy) is 1. The Hall–Kier alpha value is -3.15. The number of para-hydroxylation sites is 1. The summed E-state index contributed by atoms with van der Waals surface area (Å²) in [6, 6.07) is 14.5. The predicted molar refractivity (Wildman–Crippen MR) is 96.1 cm³/mol. The molecule has 0 unspecified atom stereocenters. The molecule has 3 amide bonds. The van der Waals surface area contributed by atoms with Gasteiger partial charge in [-0.2, -0.15) is 0 Å². The third-order valence-corrected chi connectivity index (χ3v) is 4.12. The van der Waals surface area contributed by atoms with Crippen LogP contribution in [0.25, 0.3) is 0 Å². The van der Waals surface area contributed by atoms with E-state index in [1.165, 1.54) is 0 Å². The molecule has 1 heterocycles. The van der Waals surface area contributed by atoms with Gasteiger partial charge in [0.25, 0.3) is 11.8 Å². The molecule has 1 aliphatic heterocycles. The van der Waals surface area contributed by atoms with Gasteiger partial charge >= 0.3 is 0 Å². The second kappa shape index (κ2) is 7.82. The van der Waals surface area contributed by atoms with Gasteiger partial charge in [0.2, 0.25) is 5.91 Å². The molecule has 2 aromatic rings. The number of benzene rings is 2. The molecule has 0 spiro atoms. The zero-order valence-electron chi connectivity index (χ0n) is 14.5. The van der Waals surface area contributed by atoms with Gasteiger partial charge in [-0.3, -0.25) is 19.3 Å². The Kier molecular flexibility index (Phi) is 5.31. The highest BCUT2D eigenvalue weighted by Crippen LogP contribution is 2.23. The van der Waals surface area contributed by atoms with Crippen LogP contribution in [-0.2, 0) is 4.79 Å². The molecule has 134 valence electrons. The predicted octanol–water partition coefficient (Wildman–Crippen LogP) is 2.18. The summed E-state index contributed by atoms with van der Waals surface area (Å²) < 4.78 is 5.49. The Balaban J connectivity index is 1.43. The van der Waals surface area contributed by atoms with Crippen LogP contribution in [0.3, 0.4) is 0 Å². The Morgan fingerprint density at radius 1 is 1.04 bits per heavy atom. The lowest BCUT2D eigenvalue weighted by Crippen LogP contribution is -2.35. The van der Waals surface area contributed by atoms with Crippen molar-refractivity contribution in [2.75, 3.05) is 19.7 Å². The molecule has 0 fully saturated rings. The van der Waals surface area contributed by atoms with Crippen molar-refractivity contribution < 1.29 is 19.1 Å². The average Bonchev–Trinajstić information content (AvgIpc) is 2.88. The van der Waals surface area contributed by atoms with Gasteiger partial charge in [-0.25, -0.2) is 0 Å². The highest BCUT2D eigenvalue weighted by Gasteiger charge is 2.35. The van der Waals surface area contributed by atoms with E-state index in [1.54, 1.807) is 18.2 Å². The number of aryl methyl sites for hydroxylation is 1. The van der Waals surface area contributed by atoms with Crippen LogP contribution in [0, 0.1) is 6.92 Å². The van der Waals surface area contributed by atoms with Crippen LogP contribution in [-0.4, -0.2) is 42.3 Å². The van der Waals surface area contributed by atoms with E-state index < -0.39 is 0 Å². The van der Waals surface area contributed by atoms with Crippen LogP contribution in [0.2, 0.25) is 0 Å². The number of imide groups is 1. The number of nitrogens with one attached hydrogen (secondary N) is 1. The second-order valence-electron chi connectivity index (χ2n) is 6.07. The quantitative estimate of drug-likeness (QED) is 0.612. The number of carbonyl (C=O) groups excluding carboxylic acids is 3. The van der Waals surface area contributed by atoms with E-state index in [4.69, 9.17) is 4.74 Å². The third kappa shape index (κ3) is 3.91. The minimum Gasteiger partial charge on any atom is -0.492 e. The normalized spacial score (nSPS) is 12.9. The van der Waals surface area contributed by atoms with E-state index in [1.807, 2.05) is 37.3 Å². The van der Waals surface area contributed by atoms with Gasteiger partial charge in [0.1, 0.15) is 12.4 Å². The number of hydrogen-bond donors (Lipinski definition) is 1. The summed E-state index contributed by atoms with van der Waals surface area (Å²) in [5.41, 5.74) is 1.73. The first-order chi connectivity index (χ1) is 12.6. The number of fused-ring (bicyclic) bond motifs is 1. The highest BCUT2D eigenvalue weighted by molar-refractivity contribution is 6.21. The maximum absolute atomic E-state index is 12.3. The lowest BCUT2D eigenvalue weighted by Gasteiger charge is -2.13. The fourth-order valence-electron chi connectivity index (χ4n) is 2.79. The molecular weight excluding hydrogens is 332 g/mol. The molecule has 2 aromatic carbocycles. The smallest absolute Gasteiger partial charge is 0.261 e. The molecule has 0 aliphatic carbocycles. The van der Waals surface area contributed by atoms with E-state index >= 15 is 0 Å². The lowest BCUT2D eigenvalue weighted by atomic mass is 10.1. The van der Waals surface area contributed by atoms with Gasteiger partial charge in [0.05, 0.1) is 17.7 Å². The van der Waals surface area contributed by atoms with Crippen LogP contribution in [0.1, 0.15) is 32.7 Å². The Morgan fingerprint density at radius 3 is 2.54 bits per heavy atom. The van der Waals surface area contributed by atoms with Crippen molar-refractivity contribution in [3.8, 4) is 5.75 Å². The molecule has 0 aromatic heterocycles. The highest BCUT2D eigenvalue weighted by atomic mass is 16.5. The summed E-state index contributed by atoms with van der Waals surface area (Å²) in [5.74, 6) is -0.170. The summed E-state index contributed by atoms with van der Waals surface area (Å²) in [5, 5.41) is 2.72. The molecule has 3 rings (SSSR count). The van der Waals surface area contributed by atoms with Crippen molar-refractivity contribution in [3.05, 3.63) is 65.2 Å². The molecular formula is C20H20N2O4. The van der Waals surface area contributed by atoms with Crippen molar-refractivity contribution in [2.24, 2.45) is 0 Å². The zero-order chi connectivity index (χ0) is 18.5. The maximum atomic E-state index is 12.3.